The van der Waals surface area contributed by atoms with Crippen LogP contribution in [0.15, 0.2) is 66.9 Å². The molecule has 110 valence electrons. The number of hydrogen-bond donors (Lipinski definition) is 0. The Labute approximate surface area is 125 Å². The van der Waals surface area contributed by atoms with E-state index < -0.39 is 11.7 Å². The molecule has 0 amide bonds. The van der Waals surface area contributed by atoms with Crippen LogP contribution in [0.1, 0.15) is 5.56 Å². The van der Waals surface area contributed by atoms with Crippen LogP contribution in [0.5, 0.6) is 0 Å². The summed E-state index contributed by atoms with van der Waals surface area (Å²) in [5.74, 6) is 0. The number of benzene rings is 1. The predicted octanol–water partition coefficient (Wildman–Crippen LogP) is 4.83. The third kappa shape index (κ3) is 2.98. The molecule has 0 spiro atoms. The molecule has 3 aromatic rings. The van der Waals surface area contributed by atoms with Gasteiger partial charge in [-0.15, -0.1) is 0 Å². The average molecular weight is 300 g/mol. The van der Waals surface area contributed by atoms with Crippen molar-refractivity contribution in [3.05, 3.63) is 72.4 Å². The number of pyridine rings is 2. The minimum atomic E-state index is -4.43. The van der Waals surface area contributed by atoms with E-state index in [-0.39, 0.29) is 11.4 Å². The summed E-state index contributed by atoms with van der Waals surface area (Å²) in [6.45, 7) is 0. The van der Waals surface area contributed by atoms with Gasteiger partial charge in [0, 0.05) is 11.8 Å². The third-order valence-electron chi connectivity index (χ3n) is 3.15. The van der Waals surface area contributed by atoms with Crippen molar-refractivity contribution in [2.45, 2.75) is 6.18 Å². The summed E-state index contributed by atoms with van der Waals surface area (Å²) < 4.78 is 39.4. The van der Waals surface area contributed by atoms with Gasteiger partial charge >= 0.3 is 6.18 Å². The quantitative estimate of drug-likeness (QED) is 0.677. The summed E-state index contributed by atoms with van der Waals surface area (Å²) >= 11 is 0. The van der Waals surface area contributed by atoms with Crippen LogP contribution in [0.4, 0.5) is 13.2 Å². The van der Waals surface area contributed by atoms with Crippen LogP contribution in [0.25, 0.3) is 22.6 Å². The first kappa shape index (κ1) is 14.3. The van der Waals surface area contributed by atoms with Gasteiger partial charge in [0.2, 0.25) is 0 Å². The maximum absolute atomic E-state index is 13.1. The molecule has 0 fully saturated rings. The molecule has 2 nitrogen and oxygen atoms in total. The van der Waals surface area contributed by atoms with Gasteiger partial charge in [0.25, 0.3) is 0 Å². The standard InChI is InChI=1S/C17H11F3N2/c18-17(19,20)13-10-15(12-6-2-1-3-7-12)22-16(11-13)14-8-4-5-9-21-14/h1-11H. The predicted molar refractivity (Wildman–Crippen MR) is 77.9 cm³/mol. The van der Waals surface area contributed by atoms with Crippen LogP contribution in [-0.4, -0.2) is 9.97 Å². The van der Waals surface area contributed by atoms with E-state index in [2.05, 4.69) is 9.97 Å². The van der Waals surface area contributed by atoms with Gasteiger partial charge in [-0.05, 0) is 24.3 Å². The lowest BCUT2D eigenvalue weighted by Gasteiger charge is -2.11. The zero-order valence-corrected chi connectivity index (χ0v) is 11.4. The fourth-order valence-corrected chi connectivity index (χ4v) is 2.10. The van der Waals surface area contributed by atoms with Gasteiger partial charge in [0.15, 0.2) is 0 Å². The Hall–Kier alpha value is -2.69. The number of hydrogen-bond acceptors (Lipinski definition) is 2. The fraction of sp³-hybridized carbons (Fsp3) is 0.0588. The van der Waals surface area contributed by atoms with Crippen LogP contribution in [0, 0.1) is 0 Å². The van der Waals surface area contributed by atoms with E-state index in [1.165, 1.54) is 6.20 Å². The van der Waals surface area contributed by atoms with Gasteiger partial charge in [-0.1, -0.05) is 36.4 Å². The Morgan fingerprint density at radius 2 is 1.41 bits per heavy atom. The number of nitrogens with zero attached hydrogens (tertiary/aromatic N) is 2. The fourth-order valence-electron chi connectivity index (χ4n) is 2.10. The van der Waals surface area contributed by atoms with Gasteiger partial charge in [0.05, 0.1) is 22.6 Å². The SMILES string of the molecule is FC(F)(F)c1cc(-c2ccccc2)nc(-c2ccccn2)c1. The van der Waals surface area contributed by atoms with E-state index in [1.807, 2.05) is 0 Å². The van der Waals surface area contributed by atoms with Gasteiger partial charge < -0.3 is 0 Å². The molecule has 0 atom stereocenters. The van der Waals surface area contributed by atoms with E-state index in [4.69, 9.17) is 0 Å². The molecule has 2 heterocycles. The molecule has 0 saturated heterocycles. The van der Waals surface area contributed by atoms with Gasteiger partial charge in [-0.2, -0.15) is 13.2 Å². The lowest BCUT2D eigenvalue weighted by atomic mass is 10.1. The number of alkyl halides is 3. The van der Waals surface area contributed by atoms with E-state index in [0.29, 0.717) is 11.3 Å². The molecule has 0 aliphatic carbocycles. The second-order valence-electron chi connectivity index (χ2n) is 4.71. The molecule has 1 aromatic carbocycles. The summed E-state index contributed by atoms with van der Waals surface area (Å²) in [4.78, 5) is 8.40. The van der Waals surface area contributed by atoms with Crippen molar-refractivity contribution in [2.75, 3.05) is 0 Å². The van der Waals surface area contributed by atoms with Gasteiger partial charge in [0.1, 0.15) is 0 Å². The van der Waals surface area contributed by atoms with E-state index >= 15 is 0 Å². The number of rotatable bonds is 2. The minimum absolute atomic E-state index is 0.203. The van der Waals surface area contributed by atoms with Crippen LogP contribution in [-0.2, 0) is 6.18 Å². The Kier molecular flexibility index (Phi) is 3.63. The molecule has 0 bridgehead atoms. The largest absolute Gasteiger partial charge is 0.416 e. The molecule has 2 aromatic heterocycles. The molecule has 0 saturated carbocycles. The zero-order chi connectivity index (χ0) is 15.6. The highest BCUT2D eigenvalue weighted by Crippen LogP contribution is 2.34. The summed E-state index contributed by atoms with van der Waals surface area (Å²) in [5.41, 5.74) is 0.781. The number of aromatic nitrogens is 2. The van der Waals surface area contributed by atoms with E-state index in [0.717, 1.165) is 12.1 Å². The first-order valence-corrected chi connectivity index (χ1v) is 6.60. The Bertz CT molecular complexity index is 711. The maximum atomic E-state index is 13.1. The Morgan fingerprint density at radius 3 is 2.05 bits per heavy atom. The second-order valence-corrected chi connectivity index (χ2v) is 4.71. The smallest absolute Gasteiger partial charge is 0.255 e. The maximum Gasteiger partial charge on any atom is 0.416 e. The summed E-state index contributed by atoms with van der Waals surface area (Å²) in [6.07, 6.45) is -2.91. The van der Waals surface area contributed by atoms with Crippen molar-refractivity contribution >= 4 is 0 Å². The van der Waals surface area contributed by atoms with Crippen LogP contribution in [0.3, 0.4) is 0 Å². The highest BCUT2D eigenvalue weighted by molar-refractivity contribution is 5.65. The Balaban J connectivity index is 2.19. The molecular weight excluding hydrogens is 289 g/mol. The topological polar surface area (TPSA) is 25.8 Å². The van der Waals surface area contributed by atoms with Crippen molar-refractivity contribution in [1.29, 1.82) is 0 Å². The van der Waals surface area contributed by atoms with Gasteiger partial charge in [-0.3, -0.25) is 4.98 Å². The minimum Gasteiger partial charge on any atom is -0.255 e. The Morgan fingerprint density at radius 1 is 0.727 bits per heavy atom. The first-order valence-electron chi connectivity index (χ1n) is 6.60. The monoisotopic (exact) mass is 300 g/mol. The summed E-state index contributed by atoms with van der Waals surface area (Å²) in [5, 5.41) is 0. The second kappa shape index (κ2) is 5.60. The summed E-state index contributed by atoms with van der Waals surface area (Å²) in [6, 6.07) is 15.9. The van der Waals surface area contributed by atoms with E-state index in [9.17, 15) is 13.2 Å². The third-order valence-corrected chi connectivity index (χ3v) is 3.15. The lowest BCUT2D eigenvalue weighted by Crippen LogP contribution is -2.06. The average Bonchev–Trinajstić information content (AvgIpc) is 2.55. The number of halogens is 3. The van der Waals surface area contributed by atoms with Crippen molar-refractivity contribution in [2.24, 2.45) is 0 Å². The first-order chi connectivity index (χ1) is 10.5. The highest BCUT2D eigenvalue weighted by Gasteiger charge is 2.32. The highest BCUT2D eigenvalue weighted by atomic mass is 19.4. The lowest BCUT2D eigenvalue weighted by molar-refractivity contribution is -0.137. The van der Waals surface area contributed by atoms with Crippen LogP contribution in [0.2, 0.25) is 0 Å². The van der Waals surface area contributed by atoms with Crippen LogP contribution >= 0.6 is 0 Å². The molecule has 5 heteroatoms. The molecule has 0 aliphatic rings. The molecule has 0 unspecified atom stereocenters. The van der Waals surface area contributed by atoms with Crippen molar-refractivity contribution in [3.63, 3.8) is 0 Å². The van der Waals surface area contributed by atoms with E-state index in [1.54, 1.807) is 48.5 Å². The molecule has 0 radical (unpaired) electrons. The molecule has 3 rings (SSSR count). The molecular formula is C17H11F3N2. The summed E-state index contributed by atoms with van der Waals surface area (Å²) in [7, 11) is 0. The van der Waals surface area contributed by atoms with Crippen molar-refractivity contribution in [1.82, 2.24) is 9.97 Å². The van der Waals surface area contributed by atoms with Crippen molar-refractivity contribution in [3.8, 4) is 22.6 Å². The van der Waals surface area contributed by atoms with Gasteiger partial charge in [-0.25, -0.2) is 4.98 Å². The molecule has 0 N–H and O–H groups in total. The van der Waals surface area contributed by atoms with Crippen LogP contribution < -0.4 is 0 Å². The normalized spacial score (nSPS) is 11.4. The molecule has 22 heavy (non-hydrogen) atoms. The molecule has 0 aliphatic heterocycles. The zero-order valence-electron chi connectivity index (χ0n) is 11.4. The van der Waals surface area contributed by atoms with Crippen molar-refractivity contribution < 1.29 is 13.2 Å².